The fourth-order valence-corrected chi connectivity index (χ4v) is 1.36. The first-order valence-electron chi connectivity index (χ1n) is 2.46. The highest BCUT2D eigenvalue weighted by molar-refractivity contribution is 6.65. The molecule has 0 aromatic heterocycles. The van der Waals surface area contributed by atoms with Gasteiger partial charge in [0.2, 0.25) is 0 Å². The van der Waals surface area contributed by atoms with Crippen LogP contribution in [0, 0.1) is 6.58 Å². The van der Waals surface area contributed by atoms with Crippen LogP contribution in [0.4, 0.5) is 0 Å². The summed E-state index contributed by atoms with van der Waals surface area (Å²) in [5.74, 6) is 0. The van der Waals surface area contributed by atoms with Crippen LogP contribution in [0.1, 0.15) is 0 Å². The van der Waals surface area contributed by atoms with Gasteiger partial charge in [-0.1, -0.05) is 6.58 Å². The van der Waals surface area contributed by atoms with Gasteiger partial charge in [0.15, 0.2) is 0 Å². The molecule has 3 nitrogen and oxygen atoms in total. The van der Waals surface area contributed by atoms with Crippen molar-refractivity contribution < 1.29 is 13.3 Å². The van der Waals surface area contributed by atoms with E-state index >= 15 is 0 Å². The predicted octanol–water partition coefficient (Wildman–Crippen LogP) is 0.393. The van der Waals surface area contributed by atoms with Crippen molar-refractivity contribution in [2.24, 2.45) is 0 Å². The second-order valence-electron chi connectivity index (χ2n) is 1.38. The van der Waals surface area contributed by atoms with E-state index in [-0.39, 0.29) is 0 Å². The summed E-state index contributed by atoms with van der Waals surface area (Å²) in [5, 5.41) is 0. The van der Waals surface area contributed by atoms with Gasteiger partial charge in [0.05, 0.1) is 0 Å². The van der Waals surface area contributed by atoms with Crippen LogP contribution in [-0.2, 0) is 13.3 Å². The lowest BCUT2D eigenvalue weighted by atomic mass is 11.3. The quantitative estimate of drug-likeness (QED) is 0.538. The molecule has 0 saturated carbocycles. The molecule has 4 heteroatoms. The lowest BCUT2D eigenvalue weighted by Gasteiger charge is -2.19. The van der Waals surface area contributed by atoms with Crippen molar-refractivity contribution in [3.8, 4) is 0 Å². The predicted molar refractivity (Wildman–Crippen MR) is 35.7 cm³/mol. The summed E-state index contributed by atoms with van der Waals surface area (Å²) in [6, 6.07) is 0. The second-order valence-corrected chi connectivity index (χ2v) is 4.15. The summed E-state index contributed by atoms with van der Waals surface area (Å²) in [5.41, 5.74) is 1.33. The van der Waals surface area contributed by atoms with Crippen molar-refractivity contribution in [2.75, 3.05) is 21.3 Å². The van der Waals surface area contributed by atoms with E-state index in [1.54, 1.807) is 0 Å². The van der Waals surface area contributed by atoms with Crippen LogP contribution >= 0.6 is 0 Å². The fourth-order valence-electron chi connectivity index (χ4n) is 0.454. The van der Waals surface area contributed by atoms with Gasteiger partial charge in [0, 0.05) is 21.3 Å². The van der Waals surface area contributed by atoms with Crippen LogP contribution in [0.3, 0.4) is 0 Å². The maximum Gasteiger partial charge on any atom is 0.528 e. The van der Waals surface area contributed by atoms with Gasteiger partial charge in [-0.3, -0.25) is 0 Å². The number of rotatable bonds is 4. The van der Waals surface area contributed by atoms with Crippen molar-refractivity contribution >= 4 is 8.80 Å². The van der Waals surface area contributed by atoms with E-state index in [0.29, 0.717) is 0 Å². The molecule has 9 heavy (non-hydrogen) atoms. The van der Waals surface area contributed by atoms with Crippen molar-refractivity contribution in [2.45, 2.75) is 0 Å². The Kier molecular flexibility index (Phi) is 3.72. The molecule has 0 N–H and O–H groups in total. The standard InChI is InChI=1S/C5H11O3Si/c1-5-9(6-2,7-3)8-4/h1,5H,2-4H3. The lowest BCUT2D eigenvalue weighted by Crippen LogP contribution is -2.40. The maximum absolute atomic E-state index is 5.20. The van der Waals surface area contributed by atoms with Crippen LogP contribution < -0.4 is 0 Å². The molecule has 0 spiro atoms. The maximum atomic E-state index is 5.20. The Morgan fingerprint density at radius 1 is 1.11 bits per heavy atom. The Labute approximate surface area is 56.6 Å². The van der Waals surface area contributed by atoms with Gasteiger partial charge in [-0.25, -0.2) is 0 Å². The third-order valence-electron chi connectivity index (χ3n) is 1.06. The van der Waals surface area contributed by atoms with Crippen LogP contribution in [0.25, 0.3) is 0 Å². The second kappa shape index (κ2) is 3.79. The molecule has 0 heterocycles. The molecule has 0 aliphatic heterocycles. The molecule has 0 rings (SSSR count). The first kappa shape index (κ1) is 8.84. The normalized spacial score (nSPS) is 11.4. The van der Waals surface area contributed by atoms with Crippen molar-refractivity contribution in [3.05, 3.63) is 12.3 Å². The van der Waals surface area contributed by atoms with Gasteiger partial charge < -0.3 is 13.3 Å². The van der Waals surface area contributed by atoms with Crippen LogP contribution in [0.15, 0.2) is 5.70 Å². The molecule has 53 valence electrons. The minimum atomic E-state index is -2.54. The van der Waals surface area contributed by atoms with Gasteiger partial charge >= 0.3 is 8.80 Å². The molecular formula is C5H11O3Si. The summed E-state index contributed by atoms with van der Waals surface area (Å²) in [6.45, 7) is 5.20. The third kappa shape index (κ3) is 1.91. The van der Waals surface area contributed by atoms with Gasteiger partial charge in [0.25, 0.3) is 0 Å². The Morgan fingerprint density at radius 3 is 1.44 bits per heavy atom. The van der Waals surface area contributed by atoms with E-state index in [0.717, 1.165) is 0 Å². The van der Waals surface area contributed by atoms with E-state index in [2.05, 4.69) is 0 Å². The molecule has 0 amide bonds. The number of hydrogen-bond donors (Lipinski definition) is 0. The molecule has 0 atom stereocenters. The summed E-state index contributed by atoms with van der Waals surface area (Å²) in [7, 11) is 1.97. The average molecular weight is 147 g/mol. The van der Waals surface area contributed by atoms with E-state index in [4.69, 9.17) is 19.9 Å². The highest BCUT2D eigenvalue weighted by Crippen LogP contribution is 2.04. The Morgan fingerprint density at radius 2 is 1.44 bits per heavy atom. The molecule has 0 unspecified atom stereocenters. The van der Waals surface area contributed by atoms with Gasteiger partial charge in [0.1, 0.15) is 0 Å². The fraction of sp³-hybridized carbons (Fsp3) is 0.600. The van der Waals surface area contributed by atoms with Gasteiger partial charge in [-0.05, 0) is 5.70 Å². The Hall–Kier alpha value is -0.163. The minimum Gasteiger partial charge on any atom is -0.374 e. The highest BCUT2D eigenvalue weighted by Gasteiger charge is 2.33. The molecule has 0 aliphatic carbocycles. The van der Waals surface area contributed by atoms with Crippen LogP contribution in [-0.4, -0.2) is 30.1 Å². The molecule has 0 aromatic carbocycles. The third-order valence-corrected chi connectivity index (χ3v) is 3.17. The minimum absolute atomic E-state index is 1.33. The Bertz CT molecular complexity index is 81.9. The van der Waals surface area contributed by atoms with Crippen molar-refractivity contribution in [3.63, 3.8) is 0 Å². The molecule has 0 aromatic rings. The summed E-state index contributed by atoms with van der Waals surface area (Å²) < 4.78 is 14.7. The topological polar surface area (TPSA) is 27.7 Å². The zero-order valence-electron chi connectivity index (χ0n) is 5.88. The van der Waals surface area contributed by atoms with Gasteiger partial charge in [-0.2, -0.15) is 0 Å². The SMILES string of the molecule is [CH]=C[Si](OC)(OC)OC. The molecular weight excluding hydrogens is 136 g/mol. The smallest absolute Gasteiger partial charge is 0.374 e. The van der Waals surface area contributed by atoms with Crippen LogP contribution in [0.5, 0.6) is 0 Å². The number of hydrogen-bond acceptors (Lipinski definition) is 3. The molecule has 0 fully saturated rings. The molecule has 1 radical (unpaired) electrons. The van der Waals surface area contributed by atoms with E-state index in [9.17, 15) is 0 Å². The zero-order valence-corrected chi connectivity index (χ0v) is 6.88. The lowest BCUT2D eigenvalue weighted by molar-refractivity contribution is 0.138. The first-order valence-corrected chi connectivity index (χ1v) is 4.26. The van der Waals surface area contributed by atoms with Crippen molar-refractivity contribution in [1.82, 2.24) is 0 Å². The molecule has 0 saturated heterocycles. The van der Waals surface area contributed by atoms with Crippen LogP contribution in [0.2, 0.25) is 0 Å². The highest BCUT2D eigenvalue weighted by atomic mass is 28.4. The average Bonchev–Trinajstić information content (AvgIpc) is 1.95. The van der Waals surface area contributed by atoms with E-state index in [1.165, 1.54) is 27.0 Å². The van der Waals surface area contributed by atoms with E-state index in [1.807, 2.05) is 0 Å². The summed E-state index contributed by atoms with van der Waals surface area (Å²) in [4.78, 5) is 0. The van der Waals surface area contributed by atoms with Crippen molar-refractivity contribution in [1.29, 1.82) is 0 Å². The molecule has 0 aliphatic rings. The van der Waals surface area contributed by atoms with E-state index < -0.39 is 8.80 Å². The van der Waals surface area contributed by atoms with Gasteiger partial charge in [-0.15, -0.1) is 0 Å². The molecule has 0 bridgehead atoms. The monoisotopic (exact) mass is 147 g/mol. The Balaban J connectivity index is 3.98. The largest absolute Gasteiger partial charge is 0.528 e. The summed E-state index contributed by atoms with van der Waals surface area (Å²) >= 11 is 0. The summed E-state index contributed by atoms with van der Waals surface area (Å²) in [6.07, 6.45) is 0. The first-order chi connectivity index (χ1) is 4.24. The zero-order chi connectivity index (χ0) is 7.33.